The van der Waals surface area contributed by atoms with E-state index < -0.39 is 11.7 Å². The molecule has 0 saturated carbocycles. The number of nitrogens with zero attached hydrogens (tertiary/aromatic N) is 2. The molecular formula is C11H13F3N2O. The molecule has 0 aliphatic carbocycles. The van der Waals surface area contributed by atoms with Crippen molar-refractivity contribution in [2.24, 2.45) is 4.99 Å². The molecule has 94 valence electrons. The van der Waals surface area contributed by atoms with E-state index in [0.717, 1.165) is 12.1 Å². The smallest absolute Gasteiger partial charge is 0.364 e. The Bertz CT molecular complexity index is 404. The third kappa shape index (κ3) is 3.20. The van der Waals surface area contributed by atoms with Crippen molar-refractivity contribution in [1.29, 1.82) is 0 Å². The van der Waals surface area contributed by atoms with Gasteiger partial charge in [-0.25, -0.2) is 0 Å². The van der Waals surface area contributed by atoms with Gasteiger partial charge in [-0.3, -0.25) is 4.99 Å². The van der Waals surface area contributed by atoms with Crippen LogP contribution in [-0.2, 0) is 10.9 Å². The summed E-state index contributed by atoms with van der Waals surface area (Å²) in [4.78, 5) is 5.24. The lowest BCUT2D eigenvalue weighted by Crippen LogP contribution is -2.20. The average molecular weight is 246 g/mol. The van der Waals surface area contributed by atoms with Crippen LogP contribution in [0.15, 0.2) is 23.2 Å². The molecule has 1 aromatic rings. The maximum atomic E-state index is 12.5. The molecule has 17 heavy (non-hydrogen) atoms. The minimum Gasteiger partial charge on any atom is -0.364 e. The fourth-order valence-corrected chi connectivity index (χ4v) is 1.41. The third-order valence-electron chi connectivity index (χ3n) is 2.21. The van der Waals surface area contributed by atoms with E-state index in [2.05, 4.69) is 11.7 Å². The minimum atomic E-state index is -4.38. The molecule has 1 aromatic carbocycles. The standard InChI is InChI=1S/C11H13F3N2O/c1-15-9-6-8(11(12,13)14)4-5-10(9)16(2)7-17-3/h4-6H,1,7H2,2-3H3. The van der Waals surface area contributed by atoms with Crippen LogP contribution in [0.1, 0.15) is 5.56 Å². The van der Waals surface area contributed by atoms with Gasteiger partial charge in [0, 0.05) is 14.2 Å². The van der Waals surface area contributed by atoms with Crippen LogP contribution in [0, 0.1) is 0 Å². The molecule has 0 aliphatic rings. The summed E-state index contributed by atoms with van der Waals surface area (Å²) in [6, 6.07) is 3.33. The summed E-state index contributed by atoms with van der Waals surface area (Å²) >= 11 is 0. The SMILES string of the molecule is C=Nc1cc(C(F)(F)F)ccc1N(C)COC. The van der Waals surface area contributed by atoms with Crippen LogP contribution in [0.4, 0.5) is 24.5 Å². The van der Waals surface area contributed by atoms with Crippen LogP contribution in [0.5, 0.6) is 0 Å². The van der Waals surface area contributed by atoms with E-state index in [1.807, 2.05) is 0 Å². The summed E-state index contributed by atoms with van der Waals surface area (Å²) in [5.74, 6) is 0. The molecule has 0 atom stereocenters. The summed E-state index contributed by atoms with van der Waals surface area (Å²) in [6.45, 7) is 3.53. The van der Waals surface area contributed by atoms with Crippen LogP contribution in [-0.4, -0.2) is 27.6 Å². The number of rotatable bonds is 4. The first-order valence-corrected chi connectivity index (χ1v) is 4.78. The summed E-state index contributed by atoms with van der Waals surface area (Å²) in [7, 11) is 3.20. The molecular weight excluding hydrogens is 233 g/mol. The highest BCUT2D eigenvalue weighted by Crippen LogP contribution is 2.36. The van der Waals surface area contributed by atoms with Gasteiger partial charge in [-0.2, -0.15) is 13.2 Å². The molecule has 0 aromatic heterocycles. The molecule has 1 rings (SSSR count). The van der Waals surface area contributed by atoms with Crippen molar-refractivity contribution >= 4 is 18.1 Å². The molecule has 0 heterocycles. The fourth-order valence-electron chi connectivity index (χ4n) is 1.41. The van der Waals surface area contributed by atoms with E-state index in [1.54, 1.807) is 11.9 Å². The van der Waals surface area contributed by atoms with E-state index in [0.29, 0.717) is 5.69 Å². The first-order chi connectivity index (χ1) is 7.90. The summed E-state index contributed by atoms with van der Waals surface area (Å²) in [6.07, 6.45) is -4.38. The second-order valence-corrected chi connectivity index (χ2v) is 3.48. The van der Waals surface area contributed by atoms with Crippen LogP contribution in [0.3, 0.4) is 0 Å². The Hall–Kier alpha value is -1.56. The fraction of sp³-hybridized carbons (Fsp3) is 0.364. The Morgan fingerprint density at radius 2 is 2.06 bits per heavy atom. The molecule has 0 fully saturated rings. The lowest BCUT2D eigenvalue weighted by molar-refractivity contribution is -0.137. The highest BCUT2D eigenvalue weighted by atomic mass is 19.4. The van der Waals surface area contributed by atoms with Crippen LogP contribution < -0.4 is 4.90 Å². The zero-order valence-electron chi connectivity index (χ0n) is 9.58. The number of hydrogen-bond acceptors (Lipinski definition) is 3. The number of aliphatic imine (C=N–C) groups is 1. The van der Waals surface area contributed by atoms with Crippen LogP contribution in [0.25, 0.3) is 0 Å². The highest BCUT2D eigenvalue weighted by molar-refractivity contribution is 5.69. The lowest BCUT2D eigenvalue weighted by atomic mass is 10.1. The third-order valence-corrected chi connectivity index (χ3v) is 2.21. The number of ether oxygens (including phenoxy) is 1. The quantitative estimate of drug-likeness (QED) is 0.602. The van der Waals surface area contributed by atoms with Gasteiger partial charge in [-0.05, 0) is 24.9 Å². The minimum absolute atomic E-state index is 0.180. The monoisotopic (exact) mass is 246 g/mol. The van der Waals surface area contributed by atoms with Gasteiger partial charge in [-0.15, -0.1) is 0 Å². The summed E-state index contributed by atoms with van der Waals surface area (Å²) in [5, 5.41) is 0. The lowest BCUT2D eigenvalue weighted by Gasteiger charge is -2.20. The van der Waals surface area contributed by atoms with Crippen molar-refractivity contribution in [1.82, 2.24) is 0 Å². The van der Waals surface area contributed by atoms with Gasteiger partial charge in [0.25, 0.3) is 0 Å². The van der Waals surface area contributed by atoms with Crippen molar-refractivity contribution in [3.63, 3.8) is 0 Å². The van der Waals surface area contributed by atoms with Crippen LogP contribution >= 0.6 is 0 Å². The number of methoxy groups -OCH3 is 1. The molecule has 0 saturated heterocycles. The normalized spacial score (nSPS) is 11.4. The molecule has 0 aliphatic heterocycles. The van der Waals surface area contributed by atoms with Crippen molar-refractivity contribution in [3.8, 4) is 0 Å². The van der Waals surface area contributed by atoms with Crippen molar-refractivity contribution < 1.29 is 17.9 Å². The van der Waals surface area contributed by atoms with E-state index in [-0.39, 0.29) is 12.4 Å². The molecule has 0 spiro atoms. The summed E-state index contributed by atoms with van der Waals surface area (Å²) in [5.41, 5.74) is -0.0244. The average Bonchev–Trinajstić information content (AvgIpc) is 2.27. The Morgan fingerprint density at radius 3 is 2.53 bits per heavy atom. The maximum Gasteiger partial charge on any atom is 0.416 e. The molecule has 6 heteroatoms. The van der Waals surface area contributed by atoms with E-state index in [9.17, 15) is 13.2 Å². The summed E-state index contributed by atoms with van der Waals surface area (Å²) < 4.78 is 42.4. The Kier molecular flexibility index (Phi) is 4.11. The molecule has 3 nitrogen and oxygen atoms in total. The Morgan fingerprint density at radius 1 is 1.41 bits per heavy atom. The molecule has 0 radical (unpaired) electrons. The second kappa shape index (κ2) is 5.18. The molecule has 0 bridgehead atoms. The van der Waals surface area contributed by atoms with E-state index in [1.165, 1.54) is 13.2 Å². The molecule has 0 N–H and O–H groups in total. The second-order valence-electron chi connectivity index (χ2n) is 3.48. The predicted octanol–water partition coefficient (Wildman–Crippen LogP) is 3.08. The van der Waals surface area contributed by atoms with Gasteiger partial charge < -0.3 is 9.64 Å². The number of benzene rings is 1. The zero-order chi connectivity index (χ0) is 13.1. The number of alkyl halides is 3. The van der Waals surface area contributed by atoms with Crippen molar-refractivity contribution in [3.05, 3.63) is 23.8 Å². The molecule has 0 unspecified atom stereocenters. The van der Waals surface area contributed by atoms with Crippen molar-refractivity contribution in [2.75, 3.05) is 25.8 Å². The van der Waals surface area contributed by atoms with Gasteiger partial charge in [0.05, 0.1) is 16.9 Å². The zero-order valence-corrected chi connectivity index (χ0v) is 9.58. The molecule has 0 amide bonds. The number of halogens is 3. The number of hydrogen-bond donors (Lipinski definition) is 0. The van der Waals surface area contributed by atoms with Crippen molar-refractivity contribution in [2.45, 2.75) is 6.18 Å². The maximum absolute atomic E-state index is 12.5. The van der Waals surface area contributed by atoms with Gasteiger partial charge in [0.1, 0.15) is 6.73 Å². The topological polar surface area (TPSA) is 24.8 Å². The highest BCUT2D eigenvalue weighted by Gasteiger charge is 2.31. The Balaban J connectivity index is 3.14. The van der Waals surface area contributed by atoms with Gasteiger partial charge in [-0.1, -0.05) is 0 Å². The number of anilines is 1. The van der Waals surface area contributed by atoms with Crippen LogP contribution in [0.2, 0.25) is 0 Å². The van der Waals surface area contributed by atoms with Gasteiger partial charge >= 0.3 is 6.18 Å². The van der Waals surface area contributed by atoms with Gasteiger partial charge in [0.2, 0.25) is 0 Å². The van der Waals surface area contributed by atoms with Gasteiger partial charge in [0.15, 0.2) is 0 Å². The largest absolute Gasteiger partial charge is 0.416 e. The van der Waals surface area contributed by atoms with E-state index in [4.69, 9.17) is 4.74 Å². The first kappa shape index (κ1) is 13.5. The Labute approximate surface area is 97.5 Å². The first-order valence-electron chi connectivity index (χ1n) is 4.78. The predicted molar refractivity (Wildman–Crippen MR) is 60.9 cm³/mol. The van der Waals surface area contributed by atoms with E-state index >= 15 is 0 Å².